The molecule has 3 N–H and O–H groups in total. The summed E-state index contributed by atoms with van der Waals surface area (Å²) in [6, 6.07) is 7.41. The van der Waals surface area contributed by atoms with Gasteiger partial charge in [-0.15, -0.1) is 0 Å². The van der Waals surface area contributed by atoms with Crippen LogP contribution in [0.15, 0.2) is 24.3 Å². The van der Waals surface area contributed by atoms with Crippen LogP contribution in [0.5, 0.6) is 0 Å². The Morgan fingerprint density at radius 1 is 1.61 bits per heavy atom. The standard InChI is InChI=1S/C14H20N2O2/c1-10-14(2,6-7-18-10)16-13(17)12-5-3-4-11(8-12)9-15/h3-5,8,10H,6-7,9,15H2,1-2H3,(H,16,17). The van der Waals surface area contributed by atoms with Crippen LogP contribution in [-0.4, -0.2) is 24.2 Å². The minimum Gasteiger partial charge on any atom is -0.376 e. The topological polar surface area (TPSA) is 64.3 Å². The number of rotatable bonds is 3. The molecule has 1 fully saturated rings. The molecule has 2 rings (SSSR count). The number of amides is 1. The monoisotopic (exact) mass is 248 g/mol. The summed E-state index contributed by atoms with van der Waals surface area (Å²) in [6.07, 6.45) is 0.885. The molecule has 0 bridgehead atoms. The Kier molecular flexibility index (Phi) is 3.68. The molecule has 0 aliphatic carbocycles. The van der Waals surface area contributed by atoms with Gasteiger partial charge in [-0.2, -0.15) is 0 Å². The number of benzene rings is 1. The number of hydrogen-bond acceptors (Lipinski definition) is 3. The molecule has 98 valence electrons. The highest BCUT2D eigenvalue weighted by molar-refractivity contribution is 5.94. The summed E-state index contributed by atoms with van der Waals surface area (Å²) in [5.41, 5.74) is 6.91. The minimum absolute atomic E-state index is 0.0409. The average molecular weight is 248 g/mol. The molecule has 1 aromatic rings. The first-order valence-electron chi connectivity index (χ1n) is 6.28. The fourth-order valence-electron chi connectivity index (χ4n) is 2.17. The molecule has 2 unspecified atom stereocenters. The summed E-state index contributed by atoms with van der Waals surface area (Å²) in [6.45, 7) is 5.15. The predicted molar refractivity (Wildman–Crippen MR) is 70.2 cm³/mol. The van der Waals surface area contributed by atoms with Crippen molar-refractivity contribution in [1.82, 2.24) is 5.32 Å². The third-order valence-electron chi connectivity index (χ3n) is 3.71. The van der Waals surface area contributed by atoms with E-state index < -0.39 is 0 Å². The minimum atomic E-state index is -0.282. The molecule has 4 nitrogen and oxygen atoms in total. The molecule has 4 heteroatoms. The summed E-state index contributed by atoms with van der Waals surface area (Å²) < 4.78 is 5.52. The van der Waals surface area contributed by atoms with Crippen molar-refractivity contribution in [1.29, 1.82) is 0 Å². The van der Waals surface area contributed by atoms with Crippen LogP contribution in [0.25, 0.3) is 0 Å². The molecule has 1 aliphatic rings. The highest BCUT2D eigenvalue weighted by Gasteiger charge is 2.38. The Bertz CT molecular complexity index is 447. The second kappa shape index (κ2) is 5.08. The lowest BCUT2D eigenvalue weighted by atomic mass is 9.94. The Balaban J connectivity index is 2.12. The fraction of sp³-hybridized carbons (Fsp3) is 0.500. The van der Waals surface area contributed by atoms with E-state index in [1.54, 1.807) is 6.07 Å². The number of carbonyl (C=O) groups excluding carboxylic acids is 1. The highest BCUT2D eigenvalue weighted by atomic mass is 16.5. The molecule has 18 heavy (non-hydrogen) atoms. The van der Waals surface area contributed by atoms with Gasteiger partial charge in [0.2, 0.25) is 0 Å². The van der Waals surface area contributed by atoms with E-state index in [2.05, 4.69) is 5.32 Å². The normalized spacial score (nSPS) is 27.2. The molecule has 1 heterocycles. The van der Waals surface area contributed by atoms with Gasteiger partial charge in [0.25, 0.3) is 5.91 Å². The Labute approximate surface area is 108 Å². The van der Waals surface area contributed by atoms with Crippen molar-refractivity contribution in [3.63, 3.8) is 0 Å². The number of hydrogen-bond donors (Lipinski definition) is 2. The molecular formula is C14H20N2O2. The lowest BCUT2D eigenvalue weighted by Gasteiger charge is -2.28. The molecule has 1 aromatic carbocycles. The van der Waals surface area contributed by atoms with Gasteiger partial charge in [0.15, 0.2) is 0 Å². The van der Waals surface area contributed by atoms with E-state index in [4.69, 9.17) is 10.5 Å². The van der Waals surface area contributed by atoms with E-state index in [-0.39, 0.29) is 17.6 Å². The first kappa shape index (κ1) is 13.1. The van der Waals surface area contributed by atoms with Crippen molar-refractivity contribution in [2.24, 2.45) is 5.73 Å². The van der Waals surface area contributed by atoms with Crippen molar-refractivity contribution in [3.05, 3.63) is 35.4 Å². The number of nitrogens with one attached hydrogen (secondary N) is 1. The van der Waals surface area contributed by atoms with E-state index in [0.717, 1.165) is 12.0 Å². The van der Waals surface area contributed by atoms with Crippen molar-refractivity contribution < 1.29 is 9.53 Å². The second-order valence-electron chi connectivity index (χ2n) is 5.04. The molecule has 0 spiro atoms. The second-order valence-corrected chi connectivity index (χ2v) is 5.04. The maximum atomic E-state index is 12.2. The summed E-state index contributed by atoms with van der Waals surface area (Å²) in [5, 5.41) is 3.07. The van der Waals surface area contributed by atoms with Gasteiger partial charge in [-0.05, 0) is 38.0 Å². The van der Waals surface area contributed by atoms with Gasteiger partial charge in [0.1, 0.15) is 0 Å². The van der Waals surface area contributed by atoms with E-state index in [9.17, 15) is 4.79 Å². The summed E-state index contributed by atoms with van der Waals surface area (Å²) in [4.78, 5) is 12.2. The van der Waals surface area contributed by atoms with Crippen LogP contribution in [0, 0.1) is 0 Å². The molecule has 0 aromatic heterocycles. The van der Waals surface area contributed by atoms with Gasteiger partial charge < -0.3 is 15.8 Å². The van der Waals surface area contributed by atoms with Crippen LogP contribution in [0.1, 0.15) is 36.2 Å². The Hall–Kier alpha value is -1.39. The third kappa shape index (κ3) is 2.54. The summed E-state index contributed by atoms with van der Waals surface area (Å²) >= 11 is 0. The van der Waals surface area contributed by atoms with Crippen molar-refractivity contribution in [3.8, 4) is 0 Å². The van der Waals surface area contributed by atoms with Crippen molar-refractivity contribution in [2.75, 3.05) is 6.61 Å². The van der Waals surface area contributed by atoms with E-state index in [1.807, 2.05) is 32.0 Å². The first-order valence-corrected chi connectivity index (χ1v) is 6.28. The highest BCUT2D eigenvalue weighted by Crippen LogP contribution is 2.25. The average Bonchev–Trinajstić information content (AvgIpc) is 2.69. The molecule has 1 aliphatic heterocycles. The largest absolute Gasteiger partial charge is 0.376 e. The van der Waals surface area contributed by atoms with Crippen LogP contribution < -0.4 is 11.1 Å². The first-order chi connectivity index (χ1) is 8.55. The smallest absolute Gasteiger partial charge is 0.251 e. The van der Waals surface area contributed by atoms with Gasteiger partial charge in [-0.25, -0.2) is 0 Å². The van der Waals surface area contributed by atoms with Crippen molar-refractivity contribution >= 4 is 5.91 Å². The zero-order chi connectivity index (χ0) is 13.2. The van der Waals surface area contributed by atoms with Crippen LogP contribution in [0.3, 0.4) is 0 Å². The number of ether oxygens (including phenoxy) is 1. The lowest BCUT2D eigenvalue weighted by Crippen LogP contribution is -2.50. The molecular weight excluding hydrogens is 228 g/mol. The maximum Gasteiger partial charge on any atom is 0.251 e. The van der Waals surface area contributed by atoms with Crippen molar-refractivity contribution in [2.45, 2.75) is 38.5 Å². The van der Waals surface area contributed by atoms with Crippen LogP contribution in [0.4, 0.5) is 0 Å². The summed E-state index contributed by atoms with van der Waals surface area (Å²) in [5.74, 6) is -0.0647. The zero-order valence-corrected chi connectivity index (χ0v) is 10.9. The van der Waals surface area contributed by atoms with Gasteiger partial charge in [-0.3, -0.25) is 4.79 Å². The van der Waals surface area contributed by atoms with Crippen LogP contribution in [0.2, 0.25) is 0 Å². The van der Waals surface area contributed by atoms with E-state index in [0.29, 0.717) is 18.7 Å². The maximum absolute atomic E-state index is 12.2. The number of carbonyl (C=O) groups is 1. The van der Waals surface area contributed by atoms with E-state index in [1.165, 1.54) is 0 Å². The molecule has 2 atom stereocenters. The van der Waals surface area contributed by atoms with Gasteiger partial charge in [0.05, 0.1) is 11.6 Å². The van der Waals surface area contributed by atoms with Gasteiger partial charge >= 0.3 is 0 Å². The van der Waals surface area contributed by atoms with Gasteiger partial charge in [-0.1, -0.05) is 12.1 Å². The SMILES string of the molecule is CC1OCCC1(C)NC(=O)c1cccc(CN)c1. The molecule has 0 saturated carbocycles. The lowest BCUT2D eigenvalue weighted by molar-refractivity contribution is 0.0727. The quantitative estimate of drug-likeness (QED) is 0.850. The van der Waals surface area contributed by atoms with Crippen LogP contribution in [-0.2, 0) is 11.3 Å². The molecule has 1 saturated heterocycles. The third-order valence-corrected chi connectivity index (χ3v) is 3.71. The van der Waals surface area contributed by atoms with E-state index >= 15 is 0 Å². The summed E-state index contributed by atoms with van der Waals surface area (Å²) in [7, 11) is 0. The molecule has 0 radical (unpaired) electrons. The Morgan fingerprint density at radius 2 is 2.39 bits per heavy atom. The number of nitrogens with two attached hydrogens (primary N) is 1. The van der Waals surface area contributed by atoms with Crippen LogP contribution >= 0.6 is 0 Å². The Morgan fingerprint density at radius 3 is 3.00 bits per heavy atom. The molecule has 1 amide bonds. The van der Waals surface area contributed by atoms with Gasteiger partial charge in [0, 0.05) is 18.7 Å². The zero-order valence-electron chi connectivity index (χ0n) is 10.9. The predicted octanol–water partition coefficient (Wildman–Crippen LogP) is 1.44. The fourth-order valence-corrected chi connectivity index (χ4v) is 2.17.